The van der Waals surface area contributed by atoms with Gasteiger partial charge in [-0.3, -0.25) is 4.79 Å². The Bertz CT molecular complexity index is 912. The monoisotopic (exact) mass is 381 g/mol. The van der Waals surface area contributed by atoms with E-state index in [1.807, 2.05) is 13.0 Å². The van der Waals surface area contributed by atoms with Gasteiger partial charge in [-0.1, -0.05) is 17.7 Å². The maximum Gasteiger partial charge on any atom is 0.280 e. The molecule has 1 aliphatic heterocycles. The molecule has 0 spiro atoms. The SMILES string of the molecule is CCN(CC)c1ccc(/C=C2/C(=O)N(c3ccc(Cl)cc3)N=C2C)c(C)c1. The Morgan fingerprint density at radius 1 is 1.07 bits per heavy atom. The van der Waals surface area contributed by atoms with Crippen molar-refractivity contribution < 1.29 is 4.79 Å². The van der Waals surface area contributed by atoms with Crippen LogP contribution in [0.25, 0.3) is 6.08 Å². The summed E-state index contributed by atoms with van der Waals surface area (Å²) in [5, 5.41) is 6.49. The maximum absolute atomic E-state index is 12.9. The first-order valence-electron chi connectivity index (χ1n) is 9.17. The summed E-state index contributed by atoms with van der Waals surface area (Å²) in [5.74, 6) is -0.123. The molecule has 0 bridgehead atoms. The number of halogens is 1. The Hall–Kier alpha value is -2.59. The number of hydrazone groups is 1. The zero-order valence-electron chi connectivity index (χ0n) is 16.2. The standard InChI is InChI=1S/C22H24ClN3O/c1-5-25(6-2)20-10-7-17(15(3)13-20)14-21-16(4)24-26(22(21)27)19-11-8-18(23)9-12-19/h7-14H,5-6H2,1-4H3/b21-14+. The topological polar surface area (TPSA) is 35.9 Å². The molecule has 0 unspecified atom stereocenters. The second-order valence-electron chi connectivity index (χ2n) is 6.55. The minimum absolute atomic E-state index is 0.123. The van der Waals surface area contributed by atoms with Crippen molar-refractivity contribution in [3.05, 3.63) is 64.2 Å². The van der Waals surface area contributed by atoms with E-state index in [1.54, 1.807) is 24.3 Å². The molecule has 0 aliphatic carbocycles. The number of benzene rings is 2. The number of carbonyl (C=O) groups is 1. The molecule has 1 heterocycles. The highest BCUT2D eigenvalue weighted by Gasteiger charge is 2.28. The van der Waals surface area contributed by atoms with Gasteiger partial charge in [0.05, 0.1) is 17.0 Å². The lowest BCUT2D eigenvalue weighted by molar-refractivity contribution is -0.114. The number of nitrogens with zero attached hydrogens (tertiary/aromatic N) is 3. The predicted molar refractivity (Wildman–Crippen MR) is 115 cm³/mol. The van der Waals surface area contributed by atoms with Crippen LogP contribution in [0.4, 0.5) is 11.4 Å². The summed E-state index contributed by atoms with van der Waals surface area (Å²) in [6.07, 6.45) is 1.93. The lowest BCUT2D eigenvalue weighted by Gasteiger charge is -2.22. The fourth-order valence-electron chi connectivity index (χ4n) is 3.20. The summed E-state index contributed by atoms with van der Waals surface area (Å²) in [5.41, 5.74) is 5.40. The van der Waals surface area contributed by atoms with Crippen molar-refractivity contribution in [1.29, 1.82) is 0 Å². The van der Waals surface area contributed by atoms with Crippen LogP contribution < -0.4 is 9.91 Å². The quantitative estimate of drug-likeness (QED) is 0.659. The second kappa shape index (κ2) is 7.97. The lowest BCUT2D eigenvalue weighted by atomic mass is 10.0. The normalized spacial score (nSPS) is 15.4. The van der Waals surface area contributed by atoms with E-state index >= 15 is 0 Å². The fourth-order valence-corrected chi connectivity index (χ4v) is 3.33. The maximum atomic E-state index is 12.9. The molecular formula is C22H24ClN3O. The molecule has 1 amide bonds. The molecule has 0 fully saturated rings. The minimum Gasteiger partial charge on any atom is -0.372 e. The smallest absolute Gasteiger partial charge is 0.280 e. The van der Waals surface area contributed by atoms with Crippen LogP contribution in [0.2, 0.25) is 5.02 Å². The van der Waals surface area contributed by atoms with E-state index in [1.165, 1.54) is 10.7 Å². The van der Waals surface area contributed by atoms with E-state index in [-0.39, 0.29) is 5.91 Å². The number of rotatable bonds is 5. The van der Waals surface area contributed by atoms with Crippen molar-refractivity contribution in [2.45, 2.75) is 27.7 Å². The fraction of sp³-hybridized carbons (Fsp3) is 0.273. The first-order chi connectivity index (χ1) is 12.9. The zero-order chi connectivity index (χ0) is 19.6. The highest BCUT2D eigenvalue weighted by atomic mass is 35.5. The highest BCUT2D eigenvalue weighted by Crippen LogP contribution is 2.27. The Labute approximate surface area is 165 Å². The lowest BCUT2D eigenvalue weighted by Crippen LogP contribution is -2.22. The molecule has 1 aliphatic rings. The van der Waals surface area contributed by atoms with E-state index in [4.69, 9.17) is 11.6 Å². The molecule has 4 nitrogen and oxygen atoms in total. The first-order valence-corrected chi connectivity index (χ1v) is 9.55. The third kappa shape index (κ3) is 3.91. The third-order valence-corrected chi connectivity index (χ3v) is 5.07. The van der Waals surface area contributed by atoms with Gasteiger partial charge in [-0.25, -0.2) is 0 Å². The van der Waals surface area contributed by atoms with Crippen molar-refractivity contribution in [3.8, 4) is 0 Å². The predicted octanol–water partition coefficient (Wildman–Crippen LogP) is 5.30. The summed E-state index contributed by atoms with van der Waals surface area (Å²) in [4.78, 5) is 15.2. The largest absolute Gasteiger partial charge is 0.372 e. The van der Waals surface area contributed by atoms with Gasteiger partial charge in [-0.2, -0.15) is 10.1 Å². The summed E-state index contributed by atoms with van der Waals surface area (Å²) < 4.78 is 0. The van der Waals surface area contributed by atoms with E-state index in [2.05, 4.69) is 49.0 Å². The number of aryl methyl sites for hydroxylation is 1. The molecule has 0 N–H and O–H groups in total. The van der Waals surface area contributed by atoms with Gasteiger partial charge in [0.25, 0.3) is 5.91 Å². The van der Waals surface area contributed by atoms with Gasteiger partial charge in [0.1, 0.15) is 0 Å². The first kappa shape index (κ1) is 19.2. The number of amides is 1. The number of hydrogen-bond acceptors (Lipinski definition) is 3. The molecule has 0 atom stereocenters. The molecule has 0 aromatic heterocycles. The van der Waals surface area contributed by atoms with E-state index in [0.717, 1.165) is 24.2 Å². The second-order valence-corrected chi connectivity index (χ2v) is 6.99. The molecule has 0 saturated carbocycles. The molecule has 140 valence electrons. The van der Waals surface area contributed by atoms with Crippen molar-refractivity contribution in [1.82, 2.24) is 0 Å². The van der Waals surface area contributed by atoms with Crippen LogP contribution in [0.3, 0.4) is 0 Å². The van der Waals surface area contributed by atoms with Crippen LogP contribution in [0.15, 0.2) is 53.1 Å². The molecular weight excluding hydrogens is 358 g/mol. The van der Waals surface area contributed by atoms with Gasteiger partial charge in [0.2, 0.25) is 0 Å². The number of anilines is 2. The molecule has 2 aromatic carbocycles. The van der Waals surface area contributed by atoms with Gasteiger partial charge in [0, 0.05) is 23.8 Å². The van der Waals surface area contributed by atoms with Crippen LogP contribution in [-0.4, -0.2) is 24.7 Å². The zero-order valence-corrected chi connectivity index (χ0v) is 16.9. The highest BCUT2D eigenvalue weighted by molar-refractivity contribution is 6.32. The molecule has 0 radical (unpaired) electrons. The summed E-state index contributed by atoms with van der Waals surface area (Å²) in [6, 6.07) is 13.5. The van der Waals surface area contributed by atoms with Crippen molar-refractivity contribution in [2.75, 3.05) is 23.0 Å². The van der Waals surface area contributed by atoms with Crippen LogP contribution >= 0.6 is 11.6 Å². The number of hydrogen-bond donors (Lipinski definition) is 0. The Balaban J connectivity index is 1.90. The Morgan fingerprint density at radius 2 is 1.74 bits per heavy atom. The van der Waals surface area contributed by atoms with Crippen molar-refractivity contribution in [3.63, 3.8) is 0 Å². The van der Waals surface area contributed by atoms with E-state index < -0.39 is 0 Å². The van der Waals surface area contributed by atoms with Crippen LogP contribution in [0.1, 0.15) is 31.9 Å². The Morgan fingerprint density at radius 3 is 2.33 bits per heavy atom. The van der Waals surface area contributed by atoms with Gasteiger partial charge in [0.15, 0.2) is 0 Å². The van der Waals surface area contributed by atoms with Crippen molar-refractivity contribution >= 4 is 40.7 Å². The van der Waals surface area contributed by atoms with E-state index in [9.17, 15) is 4.79 Å². The van der Waals surface area contributed by atoms with E-state index in [0.29, 0.717) is 22.0 Å². The summed E-state index contributed by atoms with van der Waals surface area (Å²) >= 11 is 5.94. The molecule has 2 aromatic rings. The van der Waals surface area contributed by atoms with Gasteiger partial charge < -0.3 is 4.90 Å². The van der Waals surface area contributed by atoms with Gasteiger partial charge >= 0.3 is 0 Å². The molecule has 5 heteroatoms. The summed E-state index contributed by atoms with van der Waals surface area (Å²) in [6.45, 7) is 10.2. The van der Waals surface area contributed by atoms with Crippen LogP contribution in [0, 0.1) is 6.92 Å². The average Bonchev–Trinajstić information content (AvgIpc) is 2.93. The minimum atomic E-state index is -0.123. The van der Waals surface area contributed by atoms with Gasteiger partial charge in [-0.05, 0) is 81.3 Å². The average molecular weight is 382 g/mol. The molecule has 3 rings (SSSR count). The van der Waals surface area contributed by atoms with Gasteiger partial charge in [-0.15, -0.1) is 0 Å². The molecule has 27 heavy (non-hydrogen) atoms. The van der Waals surface area contributed by atoms with Crippen LogP contribution in [-0.2, 0) is 4.79 Å². The Kier molecular flexibility index (Phi) is 5.66. The van der Waals surface area contributed by atoms with Crippen molar-refractivity contribution in [2.24, 2.45) is 5.10 Å². The van der Waals surface area contributed by atoms with Crippen LogP contribution in [0.5, 0.6) is 0 Å². The number of carbonyl (C=O) groups excluding carboxylic acids is 1. The third-order valence-electron chi connectivity index (χ3n) is 4.82. The molecule has 0 saturated heterocycles. The summed E-state index contributed by atoms with van der Waals surface area (Å²) in [7, 11) is 0.